The molecule has 1 unspecified atom stereocenters. The smallest absolute Gasteiger partial charge is 0.193 e. The van der Waals surface area contributed by atoms with Gasteiger partial charge < -0.3 is 25.1 Å². The van der Waals surface area contributed by atoms with Crippen LogP contribution in [0.2, 0.25) is 0 Å². The highest BCUT2D eigenvalue weighted by Gasteiger charge is 2.43. The van der Waals surface area contributed by atoms with Crippen LogP contribution in [0.5, 0.6) is 11.5 Å². The van der Waals surface area contributed by atoms with Gasteiger partial charge in [0.25, 0.3) is 0 Å². The Morgan fingerprint density at radius 1 is 1.33 bits per heavy atom. The lowest BCUT2D eigenvalue weighted by atomic mass is 10.1. The first-order valence-corrected chi connectivity index (χ1v) is 9.08. The number of carbonyl (C=O) groups is 1. The second-order valence-corrected chi connectivity index (χ2v) is 6.85. The minimum Gasteiger partial charge on any atom is -0.497 e. The third-order valence-electron chi connectivity index (χ3n) is 5.30. The van der Waals surface area contributed by atoms with Gasteiger partial charge in [-0.25, -0.2) is 4.98 Å². The number of hydrogen-bond donors (Lipinski definition) is 2. The fourth-order valence-electron chi connectivity index (χ4n) is 3.99. The standard InChI is InChI=1S/C20H20N4O3/c1-26-11-6-7-16-15(10-11)24-14(8-9-27-16)18(25)17(19(24)21)20-22-12-4-2-3-5-13(12)23-20/h4-7,10,14H,2-3,8-9,21H2,1H3,(H,22,23). The number of fused-ring (bicyclic) bond motifs is 4. The summed E-state index contributed by atoms with van der Waals surface area (Å²) >= 11 is 0. The number of nitrogens with two attached hydrogens (primary N) is 1. The average Bonchev–Trinajstić information content (AvgIpc) is 3.13. The fraction of sp³-hybridized carbons (Fsp3) is 0.300. The second-order valence-electron chi connectivity index (χ2n) is 6.85. The second kappa shape index (κ2) is 5.90. The highest BCUT2D eigenvalue weighted by atomic mass is 16.5. The van der Waals surface area contributed by atoms with E-state index in [0.29, 0.717) is 41.7 Å². The van der Waals surface area contributed by atoms with Crippen molar-refractivity contribution >= 4 is 29.2 Å². The van der Waals surface area contributed by atoms with E-state index in [-0.39, 0.29) is 5.78 Å². The van der Waals surface area contributed by atoms with Crippen molar-refractivity contribution in [3.8, 4) is 11.5 Å². The predicted molar refractivity (Wildman–Crippen MR) is 101 cm³/mol. The van der Waals surface area contributed by atoms with Crippen molar-refractivity contribution in [2.75, 3.05) is 18.6 Å². The van der Waals surface area contributed by atoms with Crippen molar-refractivity contribution in [3.05, 3.63) is 40.5 Å². The zero-order valence-electron chi connectivity index (χ0n) is 15.0. The lowest BCUT2D eigenvalue weighted by Gasteiger charge is -2.25. The monoisotopic (exact) mass is 364 g/mol. The third kappa shape index (κ3) is 2.34. The summed E-state index contributed by atoms with van der Waals surface area (Å²) in [6, 6.07) is 5.14. The molecule has 27 heavy (non-hydrogen) atoms. The number of nitrogens with zero attached hydrogens (tertiary/aromatic N) is 2. The number of carbonyl (C=O) groups excluding carboxylic acids is 1. The summed E-state index contributed by atoms with van der Waals surface area (Å²) in [6.07, 6.45) is 6.67. The first-order valence-electron chi connectivity index (χ1n) is 9.08. The molecule has 138 valence electrons. The van der Waals surface area contributed by atoms with Crippen molar-refractivity contribution in [2.45, 2.75) is 25.3 Å². The number of rotatable bonds is 2. The molecule has 0 amide bonds. The highest BCUT2D eigenvalue weighted by Crippen LogP contribution is 2.42. The van der Waals surface area contributed by atoms with Crippen molar-refractivity contribution < 1.29 is 14.3 Å². The van der Waals surface area contributed by atoms with E-state index < -0.39 is 6.04 Å². The van der Waals surface area contributed by atoms with Crippen LogP contribution in [0.3, 0.4) is 0 Å². The van der Waals surface area contributed by atoms with Crippen LogP contribution >= 0.6 is 0 Å². The number of aromatic amines is 1. The Bertz CT molecular complexity index is 1070. The number of ether oxygens (including phenoxy) is 2. The molecule has 0 fully saturated rings. The lowest BCUT2D eigenvalue weighted by Crippen LogP contribution is -2.36. The molecule has 3 aliphatic rings. The molecule has 1 aromatic carbocycles. The zero-order valence-corrected chi connectivity index (χ0v) is 15.0. The first-order chi connectivity index (χ1) is 13.2. The molecule has 7 nitrogen and oxygen atoms in total. The van der Waals surface area contributed by atoms with Gasteiger partial charge in [-0.2, -0.15) is 0 Å². The van der Waals surface area contributed by atoms with Gasteiger partial charge in [-0.15, -0.1) is 0 Å². The van der Waals surface area contributed by atoms with E-state index in [4.69, 9.17) is 15.2 Å². The Morgan fingerprint density at radius 3 is 3.00 bits per heavy atom. The molecule has 7 heteroatoms. The number of nitrogens with one attached hydrogen (secondary N) is 1. The molecular formula is C20H20N4O3. The Morgan fingerprint density at radius 2 is 2.19 bits per heavy atom. The van der Waals surface area contributed by atoms with Crippen LogP contribution < -0.4 is 30.8 Å². The maximum Gasteiger partial charge on any atom is 0.193 e. The average molecular weight is 364 g/mol. The molecular weight excluding hydrogens is 344 g/mol. The van der Waals surface area contributed by atoms with Crippen LogP contribution in [0.25, 0.3) is 17.7 Å². The molecule has 3 N–H and O–H groups in total. The van der Waals surface area contributed by atoms with Crippen molar-refractivity contribution in [2.24, 2.45) is 5.73 Å². The van der Waals surface area contributed by atoms with Crippen LogP contribution in [0.1, 0.15) is 25.1 Å². The molecule has 5 rings (SSSR count). The van der Waals surface area contributed by atoms with Gasteiger partial charge in [0.15, 0.2) is 5.78 Å². The molecule has 0 saturated heterocycles. The van der Waals surface area contributed by atoms with Gasteiger partial charge in [-0.3, -0.25) is 4.79 Å². The molecule has 0 radical (unpaired) electrons. The topological polar surface area (TPSA) is 93.5 Å². The van der Waals surface area contributed by atoms with E-state index in [9.17, 15) is 4.79 Å². The Balaban J connectivity index is 1.68. The van der Waals surface area contributed by atoms with E-state index >= 15 is 0 Å². The Hall–Kier alpha value is -3.22. The summed E-state index contributed by atoms with van der Waals surface area (Å²) in [7, 11) is 1.61. The van der Waals surface area contributed by atoms with Crippen LogP contribution in [0, 0.1) is 0 Å². The van der Waals surface area contributed by atoms with E-state index in [1.165, 1.54) is 0 Å². The highest BCUT2D eigenvalue weighted by molar-refractivity contribution is 6.27. The van der Waals surface area contributed by atoms with Gasteiger partial charge in [0.1, 0.15) is 34.8 Å². The minimum absolute atomic E-state index is 0.0298. The van der Waals surface area contributed by atoms with Gasteiger partial charge in [0.05, 0.1) is 30.1 Å². The van der Waals surface area contributed by atoms with Crippen LogP contribution in [0.15, 0.2) is 24.0 Å². The predicted octanol–water partition coefficient (Wildman–Crippen LogP) is 0.641. The quantitative estimate of drug-likeness (QED) is 0.812. The molecule has 1 aromatic heterocycles. The molecule has 2 aromatic rings. The van der Waals surface area contributed by atoms with Crippen LogP contribution in [-0.4, -0.2) is 35.5 Å². The molecule has 0 spiro atoms. The molecule has 0 saturated carbocycles. The van der Waals surface area contributed by atoms with Gasteiger partial charge in [-0.1, -0.05) is 12.2 Å². The third-order valence-corrected chi connectivity index (χ3v) is 5.30. The van der Waals surface area contributed by atoms with Crippen molar-refractivity contribution in [3.63, 3.8) is 0 Å². The number of anilines is 1. The number of aromatic nitrogens is 2. The van der Waals surface area contributed by atoms with E-state index in [2.05, 4.69) is 22.1 Å². The number of H-pyrrole nitrogens is 1. The molecule has 1 aliphatic carbocycles. The number of imidazole rings is 1. The summed E-state index contributed by atoms with van der Waals surface area (Å²) in [5.74, 6) is 2.28. The number of methoxy groups -OCH3 is 1. The summed E-state index contributed by atoms with van der Waals surface area (Å²) in [4.78, 5) is 23.0. The van der Waals surface area contributed by atoms with Gasteiger partial charge in [0, 0.05) is 12.5 Å². The Labute approximate surface area is 155 Å². The minimum atomic E-state index is -0.400. The van der Waals surface area contributed by atoms with Crippen molar-refractivity contribution in [1.29, 1.82) is 0 Å². The summed E-state index contributed by atoms with van der Waals surface area (Å²) in [5, 5.41) is 1.84. The maximum atomic E-state index is 13.2. The normalized spacial score (nSPS) is 20.7. The Kier molecular flexibility index (Phi) is 3.50. The number of hydrogen-bond acceptors (Lipinski definition) is 6. The molecule has 0 bridgehead atoms. The van der Waals surface area contributed by atoms with Gasteiger partial charge in [0.2, 0.25) is 0 Å². The van der Waals surface area contributed by atoms with Crippen molar-refractivity contribution in [1.82, 2.24) is 9.97 Å². The van der Waals surface area contributed by atoms with Gasteiger partial charge in [-0.05, 0) is 25.0 Å². The SMILES string of the molecule is COc1ccc2c(c1)N1C(N)=C(c3nc4c([nH]3)=CCCC=4)C(=O)C1CCO2. The number of benzene rings is 1. The fourth-order valence-corrected chi connectivity index (χ4v) is 3.99. The van der Waals surface area contributed by atoms with E-state index in [1.54, 1.807) is 7.11 Å². The zero-order chi connectivity index (χ0) is 18.5. The number of ketones is 1. The van der Waals surface area contributed by atoms with E-state index in [0.717, 1.165) is 29.2 Å². The van der Waals surface area contributed by atoms with E-state index in [1.807, 2.05) is 23.1 Å². The largest absolute Gasteiger partial charge is 0.497 e. The molecule has 2 aliphatic heterocycles. The summed E-state index contributed by atoms with van der Waals surface area (Å²) in [5.41, 5.74) is 7.69. The lowest BCUT2D eigenvalue weighted by molar-refractivity contribution is -0.114. The van der Waals surface area contributed by atoms with Gasteiger partial charge >= 0.3 is 0 Å². The first kappa shape index (κ1) is 16.0. The summed E-state index contributed by atoms with van der Waals surface area (Å²) < 4.78 is 11.2. The van der Waals surface area contributed by atoms with Crippen LogP contribution in [-0.2, 0) is 4.79 Å². The van der Waals surface area contributed by atoms with Crippen LogP contribution in [0.4, 0.5) is 5.69 Å². The summed E-state index contributed by atoms with van der Waals surface area (Å²) in [6.45, 7) is 0.447. The number of Topliss-reactive ketones (excluding diaryl/α,β-unsaturated/α-hetero) is 1. The molecule has 1 atom stereocenters. The molecule has 3 heterocycles. The maximum absolute atomic E-state index is 13.2.